The van der Waals surface area contributed by atoms with Crippen molar-refractivity contribution in [3.63, 3.8) is 0 Å². The summed E-state index contributed by atoms with van der Waals surface area (Å²) in [6.07, 6.45) is 3.82. The first-order chi connectivity index (χ1) is 6.56. The van der Waals surface area contributed by atoms with Crippen LogP contribution in [-0.2, 0) is 0 Å². The summed E-state index contributed by atoms with van der Waals surface area (Å²) in [6, 6.07) is 0.784. The van der Waals surface area contributed by atoms with Gasteiger partial charge in [0, 0.05) is 6.04 Å². The molecule has 1 nitrogen and oxygen atoms in total. The van der Waals surface area contributed by atoms with Crippen molar-refractivity contribution in [1.29, 1.82) is 0 Å². The predicted molar refractivity (Wildman–Crippen MR) is 63.4 cm³/mol. The van der Waals surface area contributed by atoms with Crippen molar-refractivity contribution in [3.05, 3.63) is 12.2 Å². The second kappa shape index (κ2) is 4.97. The molecule has 0 aromatic rings. The third-order valence-electron chi connectivity index (χ3n) is 3.44. The van der Waals surface area contributed by atoms with Crippen molar-refractivity contribution in [2.45, 2.75) is 46.1 Å². The van der Waals surface area contributed by atoms with E-state index in [4.69, 9.17) is 0 Å². The van der Waals surface area contributed by atoms with Crippen molar-refractivity contribution in [1.82, 2.24) is 4.90 Å². The van der Waals surface area contributed by atoms with Gasteiger partial charge in [0.15, 0.2) is 0 Å². The van der Waals surface area contributed by atoms with E-state index >= 15 is 0 Å². The molecule has 14 heavy (non-hydrogen) atoms. The van der Waals surface area contributed by atoms with Gasteiger partial charge in [-0.2, -0.15) is 0 Å². The van der Waals surface area contributed by atoms with Crippen molar-refractivity contribution in [2.24, 2.45) is 11.8 Å². The molecule has 0 saturated carbocycles. The average molecular weight is 195 g/mol. The smallest absolute Gasteiger partial charge is 0.0170 e. The predicted octanol–water partition coefficient (Wildman–Crippen LogP) is 3.32. The van der Waals surface area contributed by atoms with Crippen LogP contribution in [0.1, 0.15) is 40.0 Å². The van der Waals surface area contributed by atoms with Crippen LogP contribution in [0.2, 0.25) is 0 Å². The Morgan fingerprint density at radius 3 is 2.43 bits per heavy atom. The highest BCUT2D eigenvalue weighted by atomic mass is 15.2. The summed E-state index contributed by atoms with van der Waals surface area (Å²) in [5, 5.41) is 0. The van der Waals surface area contributed by atoms with Crippen LogP contribution in [-0.4, -0.2) is 24.5 Å². The highest BCUT2D eigenvalue weighted by molar-refractivity contribution is 5.07. The normalized spacial score (nSPS) is 24.8. The quantitative estimate of drug-likeness (QED) is 0.608. The fraction of sp³-hybridized carbons (Fsp3) is 0.846. The monoisotopic (exact) mass is 195 g/mol. The summed E-state index contributed by atoms with van der Waals surface area (Å²) >= 11 is 0. The molecule has 1 aliphatic heterocycles. The van der Waals surface area contributed by atoms with Crippen molar-refractivity contribution < 1.29 is 0 Å². The van der Waals surface area contributed by atoms with Gasteiger partial charge < -0.3 is 4.90 Å². The molecule has 0 N–H and O–H groups in total. The summed E-state index contributed by atoms with van der Waals surface area (Å²) in [4.78, 5) is 2.47. The maximum absolute atomic E-state index is 4.28. The zero-order valence-electron chi connectivity index (χ0n) is 10.2. The van der Waals surface area contributed by atoms with Crippen LogP contribution in [0.5, 0.6) is 0 Å². The molecule has 1 fully saturated rings. The highest BCUT2D eigenvalue weighted by Gasteiger charge is 2.32. The van der Waals surface area contributed by atoms with E-state index in [1.54, 1.807) is 0 Å². The summed E-state index contributed by atoms with van der Waals surface area (Å²) < 4.78 is 0. The minimum atomic E-state index is 0.733. The molecule has 0 radical (unpaired) electrons. The Morgan fingerprint density at radius 1 is 1.50 bits per heavy atom. The lowest BCUT2D eigenvalue weighted by Crippen LogP contribution is -2.49. The molecule has 1 heterocycles. The first kappa shape index (κ1) is 11.8. The molecular weight excluding hydrogens is 170 g/mol. The van der Waals surface area contributed by atoms with E-state index in [0.717, 1.165) is 17.9 Å². The molecule has 2 atom stereocenters. The lowest BCUT2D eigenvalue weighted by Gasteiger charge is -2.44. The van der Waals surface area contributed by atoms with Gasteiger partial charge in [-0.15, -0.1) is 0 Å². The van der Waals surface area contributed by atoms with Gasteiger partial charge in [0.2, 0.25) is 0 Å². The standard InChI is InChI=1S/C13H25N/c1-6-12(11(4)9-10(2)3)13-7-8-14(13)5/h10,12-13H,4,6-9H2,1-3,5H3. The molecule has 1 heteroatoms. The lowest BCUT2D eigenvalue weighted by molar-refractivity contribution is 0.0829. The molecule has 0 aromatic heterocycles. The fourth-order valence-electron chi connectivity index (χ4n) is 2.55. The first-order valence-electron chi connectivity index (χ1n) is 5.94. The fourth-order valence-corrected chi connectivity index (χ4v) is 2.55. The van der Waals surface area contributed by atoms with E-state index < -0.39 is 0 Å². The molecule has 0 aliphatic carbocycles. The molecule has 1 rings (SSSR count). The van der Waals surface area contributed by atoms with Crippen LogP contribution in [0.4, 0.5) is 0 Å². The van der Waals surface area contributed by atoms with Gasteiger partial charge in [-0.25, -0.2) is 0 Å². The lowest BCUT2D eigenvalue weighted by atomic mass is 9.80. The summed E-state index contributed by atoms with van der Waals surface area (Å²) in [5.41, 5.74) is 1.47. The Kier molecular flexibility index (Phi) is 4.18. The number of hydrogen-bond donors (Lipinski definition) is 0. The summed E-state index contributed by atoms with van der Waals surface area (Å²) in [7, 11) is 2.24. The van der Waals surface area contributed by atoms with E-state index in [2.05, 4.69) is 39.3 Å². The summed E-state index contributed by atoms with van der Waals surface area (Å²) in [6.45, 7) is 12.4. The first-order valence-corrected chi connectivity index (χ1v) is 5.94. The van der Waals surface area contributed by atoms with Crippen LogP contribution >= 0.6 is 0 Å². The van der Waals surface area contributed by atoms with Crippen LogP contribution in [0.15, 0.2) is 12.2 Å². The molecule has 2 unspecified atom stereocenters. The van der Waals surface area contributed by atoms with E-state index in [-0.39, 0.29) is 0 Å². The maximum Gasteiger partial charge on any atom is 0.0170 e. The molecule has 1 aliphatic rings. The van der Waals surface area contributed by atoms with E-state index in [0.29, 0.717) is 0 Å². The Morgan fingerprint density at radius 2 is 2.14 bits per heavy atom. The van der Waals surface area contributed by atoms with Gasteiger partial charge in [0.1, 0.15) is 0 Å². The van der Waals surface area contributed by atoms with Gasteiger partial charge in [0.25, 0.3) is 0 Å². The Bertz CT molecular complexity index is 195. The summed E-state index contributed by atoms with van der Waals surface area (Å²) in [5.74, 6) is 1.48. The van der Waals surface area contributed by atoms with Crippen LogP contribution in [0, 0.1) is 11.8 Å². The largest absolute Gasteiger partial charge is 0.303 e. The van der Waals surface area contributed by atoms with E-state index in [9.17, 15) is 0 Å². The SMILES string of the molecule is C=C(CC(C)C)C(CC)C1CCN1C. The average Bonchev–Trinajstić information content (AvgIpc) is 2.09. The number of rotatable bonds is 5. The van der Waals surface area contributed by atoms with Gasteiger partial charge in [-0.05, 0) is 44.7 Å². The minimum absolute atomic E-state index is 0.733. The number of hydrogen-bond acceptors (Lipinski definition) is 1. The zero-order valence-corrected chi connectivity index (χ0v) is 10.2. The number of likely N-dealkylation sites (tertiary alicyclic amines) is 1. The second-order valence-electron chi connectivity index (χ2n) is 5.11. The van der Waals surface area contributed by atoms with Gasteiger partial charge in [0.05, 0.1) is 0 Å². The molecule has 0 bridgehead atoms. The van der Waals surface area contributed by atoms with E-state index in [1.807, 2.05) is 0 Å². The maximum atomic E-state index is 4.28. The van der Waals surface area contributed by atoms with Gasteiger partial charge in [-0.1, -0.05) is 32.9 Å². The van der Waals surface area contributed by atoms with Crippen LogP contribution < -0.4 is 0 Å². The molecule has 0 amide bonds. The van der Waals surface area contributed by atoms with Crippen LogP contribution in [0.3, 0.4) is 0 Å². The molecule has 0 spiro atoms. The third kappa shape index (κ3) is 2.60. The second-order valence-corrected chi connectivity index (χ2v) is 5.11. The Labute approximate surface area is 89.2 Å². The molecule has 82 valence electrons. The third-order valence-corrected chi connectivity index (χ3v) is 3.44. The minimum Gasteiger partial charge on any atom is -0.303 e. The highest BCUT2D eigenvalue weighted by Crippen LogP contribution is 2.32. The zero-order chi connectivity index (χ0) is 10.7. The van der Waals surface area contributed by atoms with Gasteiger partial charge >= 0.3 is 0 Å². The van der Waals surface area contributed by atoms with Gasteiger partial charge in [-0.3, -0.25) is 0 Å². The van der Waals surface area contributed by atoms with Crippen molar-refractivity contribution in [3.8, 4) is 0 Å². The molecular formula is C13H25N. The Hall–Kier alpha value is -0.300. The molecule has 0 aromatic carbocycles. The topological polar surface area (TPSA) is 3.24 Å². The number of nitrogens with zero attached hydrogens (tertiary/aromatic N) is 1. The Balaban J connectivity index is 2.48. The van der Waals surface area contributed by atoms with Crippen LogP contribution in [0.25, 0.3) is 0 Å². The molecule has 1 saturated heterocycles. The van der Waals surface area contributed by atoms with Crippen molar-refractivity contribution in [2.75, 3.05) is 13.6 Å². The van der Waals surface area contributed by atoms with E-state index in [1.165, 1.54) is 31.4 Å². The van der Waals surface area contributed by atoms with Crippen molar-refractivity contribution >= 4 is 0 Å².